The van der Waals surface area contributed by atoms with Crippen LogP contribution in [0.25, 0.3) is 0 Å². The van der Waals surface area contributed by atoms with Crippen LogP contribution in [0.2, 0.25) is 5.15 Å². The minimum absolute atomic E-state index is 0.0104. The third-order valence-corrected chi connectivity index (χ3v) is 2.73. The van der Waals surface area contributed by atoms with Gasteiger partial charge in [-0.1, -0.05) is 23.7 Å². The van der Waals surface area contributed by atoms with E-state index in [1.165, 1.54) is 24.5 Å². The molecule has 0 aliphatic rings. The zero-order valence-electron chi connectivity index (χ0n) is 9.15. The Hall–Kier alpha value is -2.05. The van der Waals surface area contributed by atoms with Gasteiger partial charge in [0.25, 0.3) is 5.69 Å². The van der Waals surface area contributed by atoms with E-state index in [-0.39, 0.29) is 10.8 Å². The second kappa shape index (κ2) is 5.07. The van der Waals surface area contributed by atoms with Crippen LogP contribution in [-0.2, 0) is 0 Å². The van der Waals surface area contributed by atoms with Gasteiger partial charge in [-0.3, -0.25) is 15.1 Å². The van der Waals surface area contributed by atoms with E-state index < -0.39 is 11.0 Å². The first-order valence-corrected chi connectivity index (χ1v) is 5.43. The topological polar surface area (TPSA) is 94.9 Å². The number of nitro groups is 1. The van der Waals surface area contributed by atoms with Crippen molar-refractivity contribution in [2.24, 2.45) is 5.73 Å². The zero-order valence-corrected chi connectivity index (χ0v) is 9.91. The maximum atomic E-state index is 10.5. The number of halogens is 1. The van der Waals surface area contributed by atoms with Crippen LogP contribution >= 0.6 is 11.6 Å². The second-order valence-corrected chi connectivity index (χ2v) is 3.92. The molecule has 7 heteroatoms. The summed E-state index contributed by atoms with van der Waals surface area (Å²) in [6.45, 7) is 0. The molecule has 0 saturated carbocycles. The molecule has 0 spiro atoms. The molecule has 2 aromatic rings. The van der Waals surface area contributed by atoms with Gasteiger partial charge in [0.15, 0.2) is 5.15 Å². The Bertz CT molecular complexity index is 574. The molecule has 0 fully saturated rings. The molecule has 0 bridgehead atoms. The Labute approximate surface area is 108 Å². The van der Waals surface area contributed by atoms with Crippen molar-refractivity contribution in [2.75, 3.05) is 0 Å². The van der Waals surface area contributed by atoms with Crippen molar-refractivity contribution in [3.05, 3.63) is 63.2 Å². The smallest absolute Gasteiger partial charge is 0.269 e. The van der Waals surface area contributed by atoms with Crippen molar-refractivity contribution in [3.8, 4) is 0 Å². The molecule has 0 saturated heterocycles. The van der Waals surface area contributed by atoms with Gasteiger partial charge in [-0.15, -0.1) is 0 Å². The van der Waals surface area contributed by atoms with E-state index in [1.54, 1.807) is 12.1 Å². The SMILES string of the molecule is NC(c1ccc([N+](=O)[O-])cc1)c1nccnc1Cl. The van der Waals surface area contributed by atoms with Crippen LogP contribution in [0.1, 0.15) is 17.3 Å². The summed E-state index contributed by atoms with van der Waals surface area (Å²) in [6, 6.07) is 5.37. The van der Waals surface area contributed by atoms with Crippen LogP contribution in [0.15, 0.2) is 36.7 Å². The molecular weight excluding hydrogens is 256 g/mol. The zero-order chi connectivity index (χ0) is 13.1. The standard InChI is InChI=1S/C11H9ClN4O2/c12-11-10(14-5-6-15-11)9(13)7-1-3-8(4-2-7)16(17)18/h1-6,9H,13H2. The number of rotatable bonds is 3. The van der Waals surface area contributed by atoms with E-state index in [1.807, 2.05) is 0 Å². The molecule has 6 nitrogen and oxygen atoms in total. The lowest BCUT2D eigenvalue weighted by atomic mass is 10.0. The van der Waals surface area contributed by atoms with Gasteiger partial charge in [-0.25, -0.2) is 4.98 Å². The summed E-state index contributed by atoms with van der Waals surface area (Å²) in [7, 11) is 0. The van der Waals surface area contributed by atoms with E-state index >= 15 is 0 Å². The Morgan fingerprint density at radius 2 is 1.83 bits per heavy atom. The number of non-ortho nitro benzene ring substituents is 1. The lowest BCUT2D eigenvalue weighted by Gasteiger charge is -2.11. The predicted molar refractivity (Wildman–Crippen MR) is 66.2 cm³/mol. The number of nitro benzene ring substituents is 1. The molecule has 2 N–H and O–H groups in total. The van der Waals surface area contributed by atoms with Crippen molar-refractivity contribution in [2.45, 2.75) is 6.04 Å². The Morgan fingerprint density at radius 3 is 2.39 bits per heavy atom. The number of hydrogen-bond acceptors (Lipinski definition) is 5. The molecule has 0 aliphatic heterocycles. The van der Waals surface area contributed by atoms with Gasteiger partial charge >= 0.3 is 0 Å². The average molecular weight is 265 g/mol. The van der Waals surface area contributed by atoms with Crippen LogP contribution in [-0.4, -0.2) is 14.9 Å². The highest BCUT2D eigenvalue weighted by molar-refractivity contribution is 6.30. The van der Waals surface area contributed by atoms with Gasteiger partial charge < -0.3 is 5.73 Å². The normalized spacial score (nSPS) is 12.1. The van der Waals surface area contributed by atoms with E-state index in [9.17, 15) is 10.1 Å². The molecular formula is C11H9ClN4O2. The predicted octanol–water partition coefficient (Wildman–Crippen LogP) is 2.09. The Kier molecular flexibility index (Phi) is 3.50. The molecule has 1 heterocycles. The molecule has 1 atom stereocenters. The summed E-state index contributed by atoms with van der Waals surface area (Å²) < 4.78 is 0. The van der Waals surface area contributed by atoms with Gasteiger partial charge in [0, 0.05) is 24.5 Å². The van der Waals surface area contributed by atoms with Crippen LogP contribution in [0.4, 0.5) is 5.69 Å². The minimum atomic E-state index is -0.563. The van der Waals surface area contributed by atoms with Crippen LogP contribution < -0.4 is 5.73 Å². The maximum Gasteiger partial charge on any atom is 0.269 e. The summed E-state index contributed by atoms with van der Waals surface area (Å²) >= 11 is 5.89. The largest absolute Gasteiger partial charge is 0.319 e. The average Bonchev–Trinajstić information content (AvgIpc) is 2.38. The lowest BCUT2D eigenvalue weighted by molar-refractivity contribution is -0.384. The first-order chi connectivity index (χ1) is 8.59. The molecule has 0 aliphatic carbocycles. The van der Waals surface area contributed by atoms with Gasteiger partial charge in [-0.05, 0) is 5.56 Å². The van der Waals surface area contributed by atoms with E-state index in [2.05, 4.69) is 9.97 Å². The fraction of sp³-hybridized carbons (Fsp3) is 0.0909. The maximum absolute atomic E-state index is 10.5. The fourth-order valence-electron chi connectivity index (χ4n) is 1.50. The first-order valence-electron chi connectivity index (χ1n) is 5.06. The van der Waals surface area contributed by atoms with E-state index in [0.717, 1.165) is 0 Å². The molecule has 1 aromatic carbocycles. The van der Waals surface area contributed by atoms with Gasteiger partial charge in [0.2, 0.25) is 0 Å². The van der Waals surface area contributed by atoms with Gasteiger partial charge in [0.1, 0.15) is 0 Å². The molecule has 0 radical (unpaired) electrons. The third kappa shape index (κ3) is 2.44. The monoisotopic (exact) mass is 264 g/mol. The quantitative estimate of drug-likeness (QED) is 0.676. The van der Waals surface area contributed by atoms with Gasteiger partial charge in [0.05, 0.1) is 16.7 Å². The van der Waals surface area contributed by atoms with Crippen molar-refractivity contribution in [1.82, 2.24) is 9.97 Å². The minimum Gasteiger partial charge on any atom is -0.319 e. The summed E-state index contributed by atoms with van der Waals surface area (Å²) in [5.74, 6) is 0. The molecule has 92 valence electrons. The number of hydrogen-bond donors (Lipinski definition) is 1. The number of nitrogens with zero attached hydrogens (tertiary/aromatic N) is 3. The summed E-state index contributed by atoms with van der Waals surface area (Å²) in [5, 5.41) is 10.8. The molecule has 1 unspecified atom stereocenters. The summed E-state index contributed by atoms with van der Waals surface area (Å²) in [6.07, 6.45) is 2.96. The summed E-state index contributed by atoms with van der Waals surface area (Å²) in [5.41, 5.74) is 7.12. The molecule has 2 rings (SSSR count). The van der Waals surface area contributed by atoms with Crippen LogP contribution in [0.5, 0.6) is 0 Å². The Balaban J connectivity index is 2.32. The number of nitrogens with two attached hydrogens (primary N) is 1. The van der Waals surface area contributed by atoms with Crippen LogP contribution in [0, 0.1) is 10.1 Å². The summed E-state index contributed by atoms with van der Waals surface area (Å²) in [4.78, 5) is 18.0. The lowest BCUT2D eigenvalue weighted by Crippen LogP contribution is -2.14. The molecule has 0 amide bonds. The number of aromatic nitrogens is 2. The third-order valence-electron chi connectivity index (χ3n) is 2.44. The number of benzene rings is 1. The van der Waals surface area contributed by atoms with E-state index in [4.69, 9.17) is 17.3 Å². The first kappa shape index (κ1) is 12.4. The van der Waals surface area contributed by atoms with Crippen LogP contribution in [0.3, 0.4) is 0 Å². The molecule has 1 aromatic heterocycles. The second-order valence-electron chi connectivity index (χ2n) is 3.56. The van der Waals surface area contributed by atoms with Gasteiger partial charge in [-0.2, -0.15) is 0 Å². The Morgan fingerprint density at radius 1 is 1.22 bits per heavy atom. The van der Waals surface area contributed by atoms with Crippen molar-refractivity contribution in [1.29, 1.82) is 0 Å². The fourth-order valence-corrected chi connectivity index (χ4v) is 1.72. The highest BCUT2D eigenvalue weighted by Gasteiger charge is 2.15. The highest BCUT2D eigenvalue weighted by atomic mass is 35.5. The van der Waals surface area contributed by atoms with Crippen molar-refractivity contribution in [3.63, 3.8) is 0 Å². The highest BCUT2D eigenvalue weighted by Crippen LogP contribution is 2.24. The van der Waals surface area contributed by atoms with E-state index in [0.29, 0.717) is 11.3 Å². The van der Waals surface area contributed by atoms with Crippen molar-refractivity contribution < 1.29 is 4.92 Å². The van der Waals surface area contributed by atoms with Crippen molar-refractivity contribution >= 4 is 17.3 Å². The molecule has 18 heavy (non-hydrogen) atoms.